The molecule has 0 aliphatic carbocycles. The summed E-state index contributed by atoms with van der Waals surface area (Å²) in [6.45, 7) is 0. The lowest BCUT2D eigenvalue weighted by Crippen LogP contribution is -2.14. The van der Waals surface area contributed by atoms with E-state index in [1.54, 1.807) is 0 Å². The van der Waals surface area contributed by atoms with Gasteiger partial charge in [0.2, 0.25) is 0 Å². The molecule has 9 heteroatoms. The van der Waals surface area contributed by atoms with Gasteiger partial charge < -0.3 is 5.11 Å². The smallest absolute Gasteiger partial charge is 0.416 e. The number of aromatic carboxylic acids is 1. The highest BCUT2D eigenvalue weighted by Crippen LogP contribution is 2.33. The Balaban J connectivity index is 1.95. The summed E-state index contributed by atoms with van der Waals surface area (Å²) in [6, 6.07) is 8.99. The average Bonchev–Trinajstić information content (AvgIpc) is 2.72. The number of carboxylic acid groups (broad SMARTS) is 1. The molecule has 1 N–H and O–H groups in total. The lowest BCUT2D eigenvalue weighted by Gasteiger charge is -2.18. The number of ketones is 1. The van der Waals surface area contributed by atoms with Crippen LogP contribution in [0.2, 0.25) is 0 Å². The Bertz CT molecular complexity index is 1060. The molecule has 0 bridgehead atoms. The molecule has 3 aromatic rings. The molecule has 2 aromatic heterocycles. The predicted octanol–water partition coefficient (Wildman–Crippen LogP) is 4.74. The van der Waals surface area contributed by atoms with Crippen LogP contribution in [0.1, 0.15) is 50.0 Å². The fraction of sp³-hybridized carbons (Fsp3) is 0.143. The third kappa shape index (κ3) is 4.68. The van der Waals surface area contributed by atoms with Gasteiger partial charge in [-0.1, -0.05) is 12.1 Å². The Morgan fingerprint density at radius 2 is 1.70 bits per heavy atom. The van der Waals surface area contributed by atoms with Crippen molar-refractivity contribution in [1.29, 1.82) is 0 Å². The molecule has 0 aliphatic rings. The third-order valence-electron chi connectivity index (χ3n) is 4.44. The highest BCUT2D eigenvalue weighted by molar-refractivity contribution is 5.96. The molecule has 0 fully saturated rings. The van der Waals surface area contributed by atoms with Gasteiger partial charge in [-0.15, -0.1) is 0 Å². The van der Waals surface area contributed by atoms with Gasteiger partial charge >= 0.3 is 12.1 Å². The zero-order valence-corrected chi connectivity index (χ0v) is 15.2. The van der Waals surface area contributed by atoms with Gasteiger partial charge in [0.15, 0.2) is 5.78 Å². The molecule has 1 atom stereocenters. The predicted molar refractivity (Wildman–Crippen MR) is 97.6 cm³/mol. The first-order valence-corrected chi connectivity index (χ1v) is 8.67. The maximum atomic E-state index is 14.4. The number of carbonyl (C=O) groups excluding carboxylic acids is 1. The number of Topliss-reactive ketones (excluding diaryl/α,β-unsaturated/α-hetero) is 1. The summed E-state index contributed by atoms with van der Waals surface area (Å²) >= 11 is 0. The van der Waals surface area contributed by atoms with Crippen molar-refractivity contribution in [2.45, 2.75) is 18.5 Å². The van der Waals surface area contributed by atoms with Gasteiger partial charge in [-0.3, -0.25) is 14.8 Å². The lowest BCUT2D eigenvalue weighted by molar-refractivity contribution is -0.137. The van der Waals surface area contributed by atoms with E-state index in [4.69, 9.17) is 5.11 Å². The van der Waals surface area contributed by atoms with Gasteiger partial charge in [-0.25, -0.2) is 9.18 Å². The normalized spacial score (nSPS) is 12.4. The average molecular weight is 418 g/mol. The Kier molecular flexibility index (Phi) is 5.91. The topological polar surface area (TPSA) is 80.1 Å². The standard InChI is InChI=1S/C21H14F4N2O3/c22-16-2-1-9-26-19(16)15(12-3-6-14(7-4-12)21(23,24)25)10-18(28)17-8-5-13(11-27-17)20(29)30/h1-9,11,15H,10H2,(H,29,30)/t15-/m0/s1. The number of nitrogens with zero attached hydrogens (tertiary/aromatic N) is 2. The number of hydrogen-bond acceptors (Lipinski definition) is 4. The number of alkyl halides is 3. The Morgan fingerprint density at radius 1 is 1.00 bits per heavy atom. The van der Waals surface area contributed by atoms with Crippen LogP contribution in [0.25, 0.3) is 0 Å². The minimum absolute atomic E-state index is 0.0479. The molecular weight excluding hydrogens is 404 g/mol. The zero-order valence-electron chi connectivity index (χ0n) is 15.2. The van der Waals surface area contributed by atoms with Crippen molar-refractivity contribution < 1.29 is 32.3 Å². The van der Waals surface area contributed by atoms with Crippen LogP contribution in [0, 0.1) is 5.82 Å². The molecule has 1 aromatic carbocycles. The quantitative estimate of drug-likeness (QED) is 0.462. The van der Waals surface area contributed by atoms with Crippen LogP contribution in [0.3, 0.4) is 0 Å². The van der Waals surface area contributed by atoms with Crippen LogP contribution in [-0.4, -0.2) is 26.8 Å². The van der Waals surface area contributed by atoms with Crippen LogP contribution in [0.4, 0.5) is 17.6 Å². The number of carboxylic acids is 1. The second kappa shape index (κ2) is 8.40. The van der Waals surface area contributed by atoms with Gasteiger partial charge in [-0.2, -0.15) is 13.2 Å². The van der Waals surface area contributed by atoms with E-state index in [1.165, 1.54) is 36.5 Å². The van der Waals surface area contributed by atoms with Crippen LogP contribution < -0.4 is 0 Å². The minimum Gasteiger partial charge on any atom is -0.478 e. The van der Waals surface area contributed by atoms with E-state index in [1.807, 2.05) is 0 Å². The number of halogens is 4. The van der Waals surface area contributed by atoms with Crippen molar-refractivity contribution in [2.75, 3.05) is 0 Å². The summed E-state index contributed by atoms with van der Waals surface area (Å²) in [5.74, 6) is -3.41. The highest BCUT2D eigenvalue weighted by atomic mass is 19.4. The van der Waals surface area contributed by atoms with Gasteiger partial charge in [0.1, 0.15) is 11.5 Å². The fourth-order valence-electron chi connectivity index (χ4n) is 2.91. The summed E-state index contributed by atoms with van der Waals surface area (Å²) in [5.41, 5.74) is -0.845. The minimum atomic E-state index is -4.53. The van der Waals surface area contributed by atoms with Crippen molar-refractivity contribution in [3.05, 3.63) is 94.8 Å². The molecule has 5 nitrogen and oxygen atoms in total. The van der Waals surface area contributed by atoms with Crippen LogP contribution in [0.15, 0.2) is 60.9 Å². The van der Waals surface area contributed by atoms with Crippen LogP contribution in [-0.2, 0) is 6.18 Å². The number of benzene rings is 1. The van der Waals surface area contributed by atoms with Crippen molar-refractivity contribution in [3.63, 3.8) is 0 Å². The van der Waals surface area contributed by atoms with E-state index >= 15 is 0 Å². The summed E-state index contributed by atoms with van der Waals surface area (Å²) in [5, 5.41) is 8.91. The first-order chi connectivity index (χ1) is 14.2. The summed E-state index contributed by atoms with van der Waals surface area (Å²) < 4.78 is 52.9. The van der Waals surface area contributed by atoms with Crippen molar-refractivity contribution >= 4 is 11.8 Å². The fourth-order valence-corrected chi connectivity index (χ4v) is 2.91. The number of rotatable bonds is 6. The Morgan fingerprint density at radius 3 is 2.23 bits per heavy atom. The molecule has 0 amide bonds. The SMILES string of the molecule is O=C(O)c1ccc(C(=O)C[C@@H](c2ccc(C(F)(F)F)cc2)c2ncccc2F)nc1. The summed E-state index contributed by atoms with van der Waals surface area (Å²) in [4.78, 5) is 31.4. The molecule has 30 heavy (non-hydrogen) atoms. The van der Waals surface area contributed by atoms with Gasteiger partial charge in [0.05, 0.1) is 16.8 Å². The zero-order chi connectivity index (χ0) is 21.9. The second-order valence-electron chi connectivity index (χ2n) is 6.41. The first-order valence-electron chi connectivity index (χ1n) is 8.67. The Labute approximate surface area is 168 Å². The molecule has 0 saturated carbocycles. The van der Waals surface area contributed by atoms with Gasteiger partial charge in [0.25, 0.3) is 0 Å². The number of hydrogen-bond donors (Lipinski definition) is 1. The first kappa shape index (κ1) is 21.1. The largest absolute Gasteiger partial charge is 0.478 e. The summed E-state index contributed by atoms with van der Waals surface area (Å²) in [7, 11) is 0. The maximum absolute atomic E-state index is 14.4. The van der Waals surface area contributed by atoms with Crippen molar-refractivity contribution in [3.8, 4) is 0 Å². The van der Waals surface area contributed by atoms with E-state index in [-0.39, 0.29) is 28.9 Å². The highest BCUT2D eigenvalue weighted by Gasteiger charge is 2.31. The van der Waals surface area contributed by atoms with E-state index in [2.05, 4.69) is 9.97 Å². The van der Waals surface area contributed by atoms with Crippen molar-refractivity contribution in [2.24, 2.45) is 0 Å². The van der Waals surface area contributed by atoms with E-state index in [0.717, 1.165) is 24.4 Å². The molecule has 0 radical (unpaired) electrons. The van der Waals surface area contributed by atoms with Crippen LogP contribution >= 0.6 is 0 Å². The third-order valence-corrected chi connectivity index (χ3v) is 4.44. The lowest BCUT2D eigenvalue weighted by atomic mass is 9.88. The van der Waals surface area contributed by atoms with Gasteiger partial charge in [-0.05, 0) is 42.0 Å². The summed E-state index contributed by atoms with van der Waals surface area (Å²) in [6.07, 6.45) is -2.52. The Hall–Kier alpha value is -3.62. The van der Waals surface area contributed by atoms with E-state index in [0.29, 0.717) is 0 Å². The number of carbonyl (C=O) groups is 2. The molecule has 0 spiro atoms. The molecule has 3 rings (SSSR count). The molecular formula is C21H14F4N2O3. The van der Waals surface area contributed by atoms with Crippen LogP contribution in [0.5, 0.6) is 0 Å². The molecule has 0 saturated heterocycles. The molecule has 0 aliphatic heterocycles. The second-order valence-corrected chi connectivity index (χ2v) is 6.41. The molecule has 2 heterocycles. The van der Waals surface area contributed by atoms with Gasteiger partial charge in [0, 0.05) is 24.7 Å². The number of aromatic nitrogens is 2. The number of pyridine rings is 2. The molecule has 0 unspecified atom stereocenters. The van der Waals surface area contributed by atoms with E-state index in [9.17, 15) is 27.2 Å². The molecule has 154 valence electrons. The van der Waals surface area contributed by atoms with Crippen molar-refractivity contribution in [1.82, 2.24) is 9.97 Å². The van der Waals surface area contributed by atoms with E-state index < -0.39 is 35.2 Å². The maximum Gasteiger partial charge on any atom is 0.416 e. The monoisotopic (exact) mass is 418 g/mol.